The van der Waals surface area contributed by atoms with Crippen molar-refractivity contribution < 1.29 is 18.3 Å². The van der Waals surface area contributed by atoms with Crippen LogP contribution >= 0.6 is 0 Å². The highest BCUT2D eigenvalue weighted by Crippen LogP contribution is 2.26. The first-order valence-corrected chi connectivity index (χ1v) is 3.97. The van der Waals surface area contributed by atoms with E-state index in [-0.39, 0.29) is 5.56 Å². The maximum Gasteiger partial charge on any atom is 0.304 e. The molecule has 0 saturated carbocycles. The number of benzene rings is 1. The Balaban J connectivity index is 2.96. The Kier molecular flexibility index (Phi) is 3.30. The lowest BCUT2D eigenvalue weighted by atomic mass is 10.1. The van der Waals surface area contributed by atoms with Gasteiger partial charge in [-0.25, -0.2) is 4.39 Å². The molecule has 1 rings (SSSR count). The average molecular weight is 202 g/mol. The van der Waals surface area contributed by atoms with E-state index >= 15 is 0 Å². The second kappa shape index (κ2) is 4.28. The highest BCUT2D eigenvalue weighted by molar-refractivity contribution is 5.27. The zero-order chi connectivity index (χ0) is 10.7. The summed E-state index contributed by atoms with van der Waals surface area (Å²) in [5.41, 5.74) is 1.02. The van der Waals surface area contributed by atoms with Gasteiger partial charge in [0.15, 0.2) is 5.83 Å². The summed E-state index contributed by atoms with van der Waals surface area (Å²) >= 11 is 0. The fraction of sp³-hybridized carbons (Fsp3) is 0.200. The Morgan fingerprint density at radius 1 is 1.14 bits per heavy atom. The molecule has 0 aliphatic heterocycles. The van der Waals surface area contributed by atoms with Crippen LogP contribution in [-0.4, -0.2) is 5.11 Å². The summed E-state index contributed by atoms with van der Waals surface area (Å²) in [6.45, 7) is 1.80. The molecule has 0 aromatic heterocycles. The first-order valence-electron chi connectivity index (χ1n) is 3.97. The smallest absolute Gasteiger partial charge is 0.304 e. The normalized spacial score (nSPS) is 12.4. The van der Waals surface area contributed by atoms with Gasteiger partial charge >= 0.3 is 6.08 Å². The summed E-state index contributed by atoms with van der Waals surface area (Å²) in [6.07, 6.45) is -4.36. The molecule has 0 spiro atoms. The Bertz CT molecular complexity index is 339. The molecule has 0 aliphatic carbocycles. The molecule has 1 unspecified atom stereocenters. The topological polar surface area (TPSA) is 20.2 Å². The maximum absolute atomic E-state index is 12.6. The Morgan fingerprint density at radius 2 is 1.64 bits per heavy atom. The van der Waals surface area contributed by atoms with Crippen LogP contribution in [0.5, 0.6) is 0 Å². The van der Waals surface area contributed by atoms with Crippen molar-refractivity contribution in [3.05, 3.63) is 47.3 Å². The lowest BCUT2D eigenvalue weighted by Crippen LogP contribution is -1.98. The van der Waals surface area contributed by atoms with Crippen molar-refractivity contribution in [1.82, 2.24) is 0 Å². The molecule has 1 aromatic carbocycles. The van der Waals surface area contributed by atoms with E-state index in [0.29, 0.717) is 0 Å². The minimum absolute atomic E-state index is 0.112. The summed E-state index contributed by atoms with van der Waals surface area (Å²) in [5.74, 6) is -1.80. The van der Waals surface area contributed by atoms with Crippen LogP contribution in [0.3, 0.4) is 0 Å². The zero-order valence-electron chi connectivity index (χ0n) is 7.47. The SMILES string of the molecule is Cc1ccc(C(O)C(F)=C(F)F)cc1. The van der Waals surface area contributed by atoms with Crippen LogP contribution in [0.15, 0.2) is 36.2 Å². The number of hydrogen-bond acceptors (Lipinski definition) is 1. The van der Waals surface area contributed by atoms with Gasteiger partial charge in [-0.05, 0) is 12.5 Å². The van der Waals surface area contributed by atoms with E-state index < -0.39 is 18.0 Å². The van der Waals surface area contributed by atoms with E-state index in [2.05, 4.69) is 0 Å². The van der Waals surface area contributed by atoms with Crippen LogP contribution in [-0.2, 0) is 0 Å². The lowest BCUT2D eigenvalue weighted by molar-refractivity contribution is 0.171. The molecule has 0 aliphatic rings. The summed E-state index contributed by atoms with van der Waals surface area (Å²) in [4.78, 5) is 0. The van der Waals surface area contributed by atoms with E-state index in [4.69, 9.17) is 5.11 Å². The van der Waals surface area contributed by atoms with Crippen LogP contribution in [0.25, 0.3) is 0 Å². The molecule has 0 heterocycles. The van der Waals surface area contributed by atoms with Crippen molar-refractivity contribution >= 4 is 0 Å². The number of aliphatic hydroxyl groups is 1. The average Bonchev–Trinajstić information content (AvgIpc) is 2.16. The lowest BCUT2D eigenvalue weighted by Gasteiger charge is -2.07. The summed E-state index contributed by atoms with van der Waals surface area (Å²) in [6, 6.07) is 6.04. The molecule has 1 N–H and O–H groups in total. The fourth-order valence-electron chi connectivity index (χ4n) is 0.998. The van der Waals surface area contributed by atoms with Crippen LogP contribution in [0.4, 0.5) is 13.2 Å². The Hall–Kier alpha value is -1.29. The van der Waals surface area contributed by atoms with Crippen LogP contribution in [0.1, 0.15) is 17.2 Å². The van der Waals surface area contributed by atoms with Crippen molar-refractivity contribution in [3.63, 3.8) is 0 Å². The van der Waals surface area contributed by atoms with Crippen molar-refractivity contribution in [3.8, 4) is 0 Å². The van der Waals surface area contributed by atoms with E-state index in [1.54, 1.807) is 19.1 Å². The van der Waals surface area contributed by atoms with Crippen molar-refractivity contribution in [2.75, 3.05) is 0 Å². The molecule has 0 bridgehead atoms. The second-order valence-corrected chi connectivity index (χ2v) is 2.92. The van der Waals surface area contributed by atoms with Gasteiger partial charge in [0.2, 0.25) is 0 Å². The molecular formula is C10H9F3O. The van der Waals surface area contributed by atoms with Gasteiger partial charge in [0.25, 0.3) is 0 Å². The fourth-order valence-corrected chi connectivity index (χ4v) is 0.998. The third-order valence-electron chi connectivity index (χ3n) is 1.81. The highest BCUT2D eigenvalue weighted by atomic mass is 19.3. The molecule has 0 radical (unpaired) electrons. The van der Waals surface area contributed by atoms with Gasteiger partial charge in [-0.15, -0.1) is 0 Å². The van der Waals surface area contributed by atoms with Gasteiger partial charge in [0, 0.05) is 0 Å². The van der Waals surface area contributed by atoms with Crippen LogP contribution in [0, 0.1) is 6.92 Å². The van der Waals surface area contributed by atoms with Crippen LogP contribution < -0.4 is 0 Å². The second-order valence-electron chi connectivity index (χ2n) is 2.92. The summed E-state index contributed by atoms with van der Waals surface area (Å²) in [5, 5.41) is 9.14. The molecule has 14 heavy (non-hydrogen) atoms. The van der Waals surface area contributed by atoms with Crippen molar-refractivity contribution in [2.24, 2.45) is 0 Å². The Morgan fingerprint density at radius 3 is 2.07 bits per heavy atom. The summed E-state index contributed by atoms with van der Waals surface area (Å²) < 4.78 is 36.2. The van der Waals surface area contributed by atoms with Crippen molar-refractivity contribution in [1.29, 1.82) is 0 Å². The molecule has 0 amide bonds. The number of aliphatic hydroxyl groups excluding tert-OH is 1. The predicted molar refractivity (Wildman–Crippen MR) is 46.5 cm³/mol. The third-order valence-corrected chi connectivity index (χ3v) is 1.81. The number of rotatable bonds is 2. The minimum Gasteiger partial charge on any atom is -0.381 e. The zero-order valence-corrected chi connectivity index (χ0v) is 7.47. The van der Waals surface area contributed by atoms with E-state index in [0.717, 1.165) is 5.56 Å². The molecule has 1 atom stereocenters. The molecular weight excluding hydrogens is 193 g/mol. The van der Waals surface area contributed by atoms with Gasteiger partial charge in [0.1, 0.15) is 6.10 Å². The largest absolute Gasteiger partial charge is 0.381 e. The van der Waals surface area contributed by atoms with Gasteiger partial charge < -0.3 is 5.11 Å². The van der Waals surface area contributed by atoms with Gasteiger partial charge in [-0.1, -0.05) is 29.8 Å². The maximum atomic E-state index is 12.6. The molecule has 0 fully saturated rings. The first-order chi connectivity index (χ1) is 6.52. The monoisotopic (exact) mass is 202 g/mol. The van der Waals surface area contributed by atoms with Gasteiger partial charge in [-0.2, -0.15) is 8.78 Å². The standard InChI is InChI=1S/C10H9F3O/c1-6-2-4-7(5-3-6)9(14)8(11)10(12)13/h2-5,9,14H,1H3. The first kappa shape index (κ1) is 10.8. The van der Waals surface area contributed by atoms with Crippen molar-refractivity contribution in [2.45, 2.75) is 13.0 Å². The van der Waals surface area contributed by atoms with Gasteiger partial charge in [0.05, 0.1) is 0 Å². The van der Waals surface area contributed by atoms with Crippen LogP contribution in [0.2, 0.25) is 0 Å². The molecule has 76 valence electrons. The highest BCUT2D eigenvalue weighted by Gasteiger charge is 2.18. The quantitative estimate of drug-likeness (QED) is 0.781. The molecule has 1 nitrogen and oxygen atoms in total. The van der Waals surface area contributed by atoms with E-state index in [1.807, 2.05) is 0 Å². The third kappa shape index (κ3) is 2.35. The minimum atomic E-state index is -2.49. The summed E-state index contributed by atoms with van der Waals surface area (Å²) in [7, 11) is 0. The Labute approximate surface area is 79.5 Å². The van der Waals surface area contributed by atoms with E-state index in [1.165, 1.54) is 12.1 Å². The van der Waals surface area contributed by atoms with Gasteiger partial charge in [-0.3, -0.25) is 0 Å². The molecule has 4 heteroatoms. The number of halogens is 3. The molecule has 1 aromatic rings. The predicted octanol–water partition coefficient (Wildman–Crippen LogP) is 3.11. The van der Waals surface area contributed by atoms with E-state index in [9.17, 15) is 13.2 Å². The number of hydrogen-bond donors (Lipinski definition) is 1. The molecule has 0 saturated heterocycles. The number of aryl methyl sites for hydroxylation is 1.